The lowest BCUT2D eigenvalue weighted by Gasteiger charge is -2.46. The van der Waals surface area contributed by atoms with Gasteiger partial charge >= 0.3 is 0 Å². The van der Waals surface area contributed by atoms with Gasteiger partial charge in [-0.05, 0) is 74.8 Å². The van der Waals surface area contributed by atoms with Gasteiger partial charge in [-0.25, -0.2) is 0 Å². The van der Waals surface area contributed by atoms with E-state index in [0.717, 1.165) is 39.1 Å². The number of fused-ring (bicyclic) bond motifs is 1. The molecule has 192 valence electrons. The van der Waals surface area contributed by atoms with E-state index in [9.17, 15) is 4.79 Å². The topological polar surface area (TPSA) is 38.8 Å². The first-order chi connectivity index (χ1) is 16.8. The lowest BCUT2D eigenvalue weighted by Crippen LogP contribution is -2.50. The van der Waals surface area contributed by atoms with Crippen molar-refractivity contribution in [3.05, 3.63) is 52.2 Å². The van der Waals surface area contributed by atoms with Gasteiger partial charge in [0.05, 0.1) is 5.54 Å². The maximum Gasteiger partial charge on any atom is 0.222 e. The minimum atomic E-state index is 0.178. The number of benzene rings is 1. The summed E-state index contributed by atoms with van der Waals surface area (Å²) in [7, 11) is 6.44. The number of carbonyl (C=O) groups is 1. The summed E-state index contributed by atoms with van der Waals surface area (Å²) < 4.78 is 0. The minimum Gasteiger partial charge on any atom is -0.384 e. The summed E-state index contributed by atoms with van der Waals surface area (Å²) in [6, 6.07) is 13.1. The van der Waals surface area contributed by atoms with Crippen molar-refractivity contribution in [2.24, 2.45) is 11.8 Å². The Morgan fingerprint density at radius 1 is 1.14 bits per heavy atom. The van der Waals surface area contributed by atoms with Crippen molar-refractivity contribution in [3.8, 4) is 0 Å². The third kappa shape index (κ3) is 5.76. The smallest absolute Gasteiger partial charge is 0.222 e. The Bertz CT molecular complexity index is 949. The van der Waals surface area contributed by atoms with Gasteiger partial charge in [0, 0.05) is 56.1 Å². The van der Waals surface area contributed by atoms with Crippen LogP contribution in [-0.2, 0) is 10.3 Å². The summed E-state index contributed by atoms with van der Waals surface area (Å²) in [5.74, 6) is 1.53. The Morgan fingerprint density at radius 2 is 1.89 bits per heavy atom. The zero-order valence-electron chi connectivity index (χ0n) is 22.3. The molecule has 0 spiro atoms. The highest BCUT2D eigenvalue weighted by Crippen LogP contribution is 2.41. The molecule has 2 atom stereocenters. The molecule has 0 saturated carbocycles. The summed E-state index contributed by atoms with van der Waals surface area (Å²) in [5, 5.41) is 5.75. The average molecular weight is 497 g/mol. The van der Waals surface area contributed by atoms with Gasteiger partial charge in [-0.2, -0.15) is 0 Å². The maximum atomic E-state index is 13.2. The molecule has 2 aliphatic rings. The van der Waals surface area contributed by atoms with E-state index in [1.165, 1.54) is 29.0 Å². The number of para-hydroxylation sites is 1. The molecule has 1 aromatic carbocycles. The highest BCUT2D eigenvalue weighted by Gasteiger charge is 2.39. The minimum absolute atomic E-state index is 0.178. The lowest BCUT2D eigenvalue weighted by molar-refractivity contribution is -0.131. The van der Waals surface area contributed by atoms with Crippen molar-refractivity contribution < 1.29 is 4.79 Å². The van der Waals surface area contributed by atoms with Crippen LogP contribution < -0.4 is 5.32 Å². The number of likely N-dealkylation sites (tertiary alicyclic amines) is 1. The van der Waals surface area contributed by atoms with E-state index in [1.54, 1.807) is 0 Å². The Labute approximate surface area is 216 Å². The van der Waals surface area contributed by atoms with Crippen molar-refractivity contribution in [2.75, 3.05) is 59.2 Å². The largest absolute Gasteiger partial charge is 0.384 e. The Kier molecular flexibility index (Phi) is 8.56. The quantitative estimate of drug-likeness (QED) is 0.483. The number of hydrogen-bond acceptors (Lipinski definition) is 5. The zero-order chi connectivity index (χ0) is 25.0. The number of piperidine rings is 1. The van der Waals surface area contributed by atoms with Gasteiger partial charge < -0.3 is 15.1 Å². The number of carbonyl (C=O) groups excluding carboxylic acids is 1. The molecule has 35 heavy (non-hydrogen) atoms. The summed E-state index contributed by atoms with van der Waals surface area (Å²) >= 11 is 1.89. The molecule has 0 radical (unpaired) electrons. The monoisotopic (exact) mass is 496 g/mol. The molecular weight excluding hydrogens is 452 g/mol. The van der Waals surface area contributed by atoms with Crippen molar-refractivity contribution in [1.29, 1.82) is 0 Å². The fourth-order valence-corrected chi connectivity index (χ4v) is 7.22. The summed E-state index contributed by atoms with van der Waals surface area (Å²) in [6.07, 6.45) is 4.01. The fourth-order valence-electron chi connectivity index (χ4n) is 6.15. The normalized spacial score (nSPS) is 20.6. The van der Waals surface area contributed by atoms with Gasteiger partial charge in [-0.15, -0.1) is 11.3 Å². The third-order valence-electron chi connectivity index (χ3n) is 8.57. The van der Waals surface area contributed by atoms with E-state index in [4.69, 9.17) is 0 Å². The SMILES string of the molecule is CC(C)C(CC(=O)N(C)CCCN1CCC(c2cccs2)(N(C)C)CC1)C1CNc2ccccc21. The zero-order valence-corrected chi connectivity index (χ0v) is 23.1. The average Bonchev–Trinajstić information content (AvgIpc) is 3.53. The molecule has 1 amide bonds. The van der Waals surface area contributed by atoms with Crippen LogP contribution in [0, 0.1) is 11.8 Å². The first-order valence-electron chi connectivity index (χ1n) is 13.3. The van der Waals surface area contributed by atoms with E-state index in [1.807, 2.05) is 23.3 Å². The molecule has 2 aromatic rings. The summed E-state index contributed by atoms with van der Waals surface area (Å²) in [6.45, 7) is 9.61. The van der Waals surface area contributed by atoms with Crippen molar-refractivity contribution in [3.63, 3.8) is 0 Å². The van der Waals surface area contributed by atoms with Crippen LogP contribution in [0.2, 0.25) is 0 Å². The molecule has 6 heteroatoms. The predicted octanol–water partition coefficient (Wildman–Crippen LogP) is 5.32. The molecule has 0 bridgehead atoms. The number of anilines is 1. The van der Waals surface area contributed by atoms with Crippen LogP contribution in [0.3, 0.4) is 0 Å². The van der Waals surface area contributed by atoms with Crippen LogP contribution in [0.4, 0.5) is 5.69 Å². The van der Waals surface area contributed by atoms with Crippen LogP contribution >= 0.6 is 11.3 Å². The number of rotatable bonds is 10. The second-order valence-electron chi connectivity index (χ2n) is 11.1. The molecule has 1 N–H and O–H groups in total. The molecule has 3 heterocycles. The van der Waals surface area contributed by atoms with E-state index in [0.29, 0.717) is 24.2 Å². The summed E-state index contributed by atoms with van der Waals surface area (Å²) in [5.41, 5.74) is 2.79. The molecular formula is C29H44N4OS. The van der Waals surface area contributed by atoms with Crippen molar-refractivity contribution >= 4 is 22.9 Å². The molecule has 0 aliphatic carbocycles. The molecule has 1 saturated heterocycles. The van der Waals surface area contributed by atoms with E-state index < -0.39 is 0 Å². The number of nitrogens with one attached hydrogen (secondary N) is 1. The van der Waals surface area contributed by atoms with Gasteiger partial charge in [0.25, 0.3) is 0 Å². The van der Waals surface area contributed by atoms with Crippen LogP contribution in [0.25, 0.3) is 0 Å². The van der Waals surface area contributed by atoms with Crippen LogP contribution in [0.1, 0.15) is 55.9 Å². The van der Waals surface area contributed by atoms with Gasteiger partial charge in [0.1, 0.15) is 0 Å². The predicted molar refractivity (Wildman–Crippen MR) is 148 cm³/mol. The van der Waals surface area contributed by atoms with Crippen molar-refractivity contribution in [1.82, 2.24) is 14.7 Å². The first-order valence-corrected chi connectivity index (χ1v) is 14.2. The number of nitrogens with zero attached hydrogens (tertiary/aromatic N) is 3. The number of thiophene rings is 1. The second-order valence-corrected chi connectivity index (χ2v) is 12.0. The fraction of sp³-hybridized carbons (Fsp3) is 0.621. The van der Waals surface area contributed by atoms with E-state index in [2.05, 4.69) is 84.8 Å². The molecule has 5 nitrogen and oxygen atoms in total. The van der Waals surface area contributed by atoms with E-state index >= 15 is 0 Å². The van der Waals surface area contributed by atoms with Gasteiger partial charge in [-0.1, -0.05) is 38.1 Å². The highest BCUT2D eigenvalue weighted by molar-refractivity contribution is 7.10. The molecule has 2 aliphatic heterocycles. The molecule has 1 aromatic heterocycles. The Balaban J connectivity index is 1.24. The van der Waals surface area contributed by atoms with Crippen LogP contribution in [-0.4, -0.2) is 74.5 Å². The number of hydrogen-bond donors (Lipinski definition) is 1. The summed E-state index contributed by atoms with van der Waals surface area (Å²) in [4.78, 5) is 21.7. The van der Waals surface area contributed by atoms with Gasteiger partial charge in [0.2, 0.25) is 5.91 Å². The van der Waals surface area contributed by atoms with Crippen molar-refractivity contribution in [2.45, 2.75) is 51.0 Å². The lowest BCUT2D eigenvalue weighted by atomic mass is 9.78. The van der Waals surface area contributed by atoms with Crippen LogP contribution in [0.15, 0.2) is 41.8 Å². The molecule has 2 unspecified atom stereocenters. The highest BCUT2D eigenvalue weighted by atomic mass is 32.1. The standard InChI is InChI=1S/C29H44N4OS/c1-22(2)24(25-21-30-26-11-7-6-10-23(25)26)20-28(34)32(5)15-9-16-33-17-13-29(14-18-33,31(3)4)27-12-8-19-35-27/h6-8,10-12,19,22,24-25,30H,9,13-18,20-21H2,1-5H3. The third-order valence-corrected chi connectivity index (χ3v) is 9.63. The van der Waals surface area contributed by atoms with Gasteiger partial charge in [0.15, 0.2) is 0 Å². The van der Waals surface area contributed by atoms with E-state index in [-0.39, 0.29) is 11.4 Å². The Morgan fingerprint density at radius 3 is 2.54 bits per heavy atom. The molecule has 4 rings (SSSR count). The first kappa shape index (κ1) is 26.2. The second kappa shape index (κ2) is 11.4. The van der Waals surface area contributed by atoms with Crippen LogP contribution in [0.5, 0.6) is 0 Å². The maximum absolute atomic E-state index is 13.2. The van der Waals surface area contributed by atoms with Gasteiger partial charge in [-0.3, -0.25) is 9.69 Å². The molecule has 1 fully saturated rings. The Hall–Kier alpha value is -1.89. The number of amides is 1.